The molecule has 2 aliphatic rings. The first-order chi connectivity index (χ1) is 9.01. The molecule has 5 heteroatoms. The van der Waals surface area contributed by atoms with Crippen molar-refractivity contribution in [2.45, 2.75) is 19.8 Å². The third-order valence-electron chi connectivity index (χ3n) is 3.17. The lowest BCUT2D eigenvalue weighted by Gasteiger charge is -2.24. The van der Waals surface area contributed by atoms with Crippen molar-refractivity contribution in [3.05, 3.63) is 47.7 Å². The summed E-state index contributed by atoms with van der Waals surface area (Å²) in [6.07, 6.45) is 7.61. The summed E-state index contributed by atoms with van der Waals surface area (Å²) in [5.41, 5.74) is 2.32. The Bertz CT molecular complexity index is 486. The van der Waals surface area contributed by atoms with Gasteiger partial charge in [0.25, 0.3) is 0 Å². The van der Waals surface area contributed by atoms with Gasteiger partial charge >= 0.3 is 0 Å². The summed E-state index contributed by atoms with van der Waals surface area (Å²) in [6.45, 7) is 9.44. The van der Waals surface area contributed by atoms with E-state index in [0.29, 0.717) is 18.2 Å². The highest BCUT2D eigenvalue weighted by molar-refractivity contribution is 5.40. The van der Waals surface area contributed by atoms with Crippen molar-refractivity contribution in [3.63, 3.8) is 0 Å². The van der Waals surface area contributed by atoms with Gasteiger partial charge in [0, 0.05) is 19.1 Å². The molecule has 0 radical (unpaired) electrons. The minimum absolute atomic E-state index is 0.278. The van der Waals surface area contributed by atoms with Crippen LogP contribution in [0.4, 0.5) is 4.39 Å². The number of hydrazine groups is 1. The summed E-state index contributed by atoms with van der Waals surface area (Å²) in [5.74, 6) is 5.77. The number of rotatable bonds is 5. The number of nitrogens with two attached hydrogens (primary N) is 1. The zero-order chi connectivity index (χ0) is 14.0. The maximum absolute atomic E-state index is 13.8. The fourth-order valence-corrected chi connectivity index (χ4v) is 1.97. The van der Waals surface area contributed by atoms with E-state index in [9.17, 15) is 4.39 Å². The quantitative estimate of drug-likeness (QED) is 0.470. The molecule has 19 heavy (non-hydrogen) atoms. The van der Waals surface area contributed by atoms with Gasteiger partial charge in [0.15, 0.2) is 0 Å². The first-order valence-corrected chi connectivity index (χ1v) is 6.24. The van der Waals surface area contributed by atoms with Gasteiger partial charge in [0.1, 0.15) is 5.83 Å². The molecule has 1 fully saturated rings. The van der Waals surface area contributed by atoms with Crippen LogP contribution in [-0.2, 0) is 0 Å². The van der Waals surface area contributed by atoms with Crippen molar-refractivity contribution in [2.24, 2.45) is 16.9 Å². The molecule has 0 aromatic rings. The lowest BCUT2D eigenvalue weighted by molar-refractivity contribution is 0.327. The van der Waals surface area contributed by atoms with Gasteiger partial charge in [0.2, 0.25) is 0 Å². The number of nitrogens with zero attached hydrogens (tertiary/aromatic N) is 3. The topological polar surface area (TPSA) is 44.9 Å². The van der Waals surface area contributed by atoms with Gasteiger partial charge in [-0.3, -0.25) is 0 Å². The molecule has 2 N–H and O–H groups in total. The van der Waals surface area contributed by atoms with E-state index in [1.165, 1.54) is 5.12 Å². The standard InChI is InChI=1S/C14H19FN4/c1-10(8-19(16)17-3)7-18-9-13(12-4-5-12)6-14(15)11(18)2/h6-7,9,12H,2-5,8,16H2,1H3/b10-7+. The van der Waals surface area contributed by atoms with Crippen LogP contribution in [0.1, 0.15) is 19.8 Å². The molecule has 0 saturated heterocycles. The minimum atomic E-state index is -0.278. The largest absolute Gasteiger partial charge is 0.321 e. The number of hydrazone groups is 1. The van der Waals surface area contributed by atoms with E-state index in [-0.39, 0.29) is 5.83 Å². The lowest BCUT2D eigenvalue weighted by Crippen LogP contribution is -2.27. The van der Waals surface area contributed by atoms with E-state index in [1.807, 2.05) is 19.3 Å². The maximum atomic E-state index is 13.8. The highest BCUT2D eigenvalue weighted by atomic mass is 19.1. The van der Waals surface area contributed by atoms with Crippen molar-refractivity contribution >= 4 is 6.72 Å². The predicted octanol–water partition coefficient (Wildman–Crippen LogP) is 2.66. The highest BCUT2D eigenvalue weighted by Gasteiger charge is 2.28. The third-order valence-corrected chi connectivity index (χ3v) is 3.17. The number of halogens is 1. The smallest absolute Gasteiger partial charge is 0.146 e. The molecule has 0 spiro atoms. The molecule has 0 atom stereocenters. The number of allylic oxidation sites excluding steroid dienone is 3. The van der Waals surface area contributed by atoms with E-state index in [1.54, 1.807) is 11.0 Å². The normalized spacial score (nSPS) is 20.1. The van der Waals surface area contributed by atoms with E-state index in [0.717, 1.165) is 24.0 Å². The summed E-state index contributed by atoms with van der Waals surface area (Å²) < 4.78 is 13.8. The van der Waals surface area contributed by atoms with Crippen molar-refractivity contribution in [3.8, 4) is 0 Å². The zero-order valence-corrected chi connectivity index (χ0v) is 11.1. The van der Waals surface area contributed by atoms with Crippen LogP contribution in [0.5, 0.6) is 0 Å². The van der Waals surface area contributed by atoms with Crippen molar-refractivity contribution in [1.29, 1.82) is 0 Å². The average Bonchev–Trinajstić information content (AvgIpc) is 3.18. The summed E-state index contributed by atoms with van der Waals surface area (Å²) in [5, 5.41) is 4.82. The second kappa shape index (κ2) is 5.40. The van der Waals surface area contributed by atoms with E-state index < -0.39 is 0 Å². The summed E-state index contributed by atoms with van der Waals surface area (Å²) in [7, 11) is 0. The van der Waals surface area contributed by atoms with Crippen LogP contribution in [0.15, 0.2) is 52.8 Å². The molecule has 0 bridgehead atoms. The van der Waals surface area contributed by atoms with Crippen LogP contribution in [0, 0.1) is 5.92 Å². The van der Waals surface area contributed by atoms with Gasteiger partial charge in [-0.25, -0.2) is 15.4 Å². The molecule has 0 aromatic heterocycles. The van der Waals surface area contributed by atoms with Crippen molar-refractivity contribution < 1.29 is 4.39 Å². The Kier molecular flexibility index (Phi) is 3.85. The molecule has 0 amide bonds. The Morgan fingerprint density at radius 2 is 2.37 bits per heavy atom. The summed E-state index contributed by atoms with van der Waals surface area (Å²) >= 11 is 0. The summed E-state index contributed by atoms with van der Waals surface area (Å²) in [4.78, 5) is 1.72. The number of hydrogen-bond donors (Lipinski definition) is 1. The second-order valence-electron chi connectivity index (χ2n) is 4.96. The molecule has 1 aliphatic heterocycles. The third kappa shape index (κ3) is 3.32. The Morgan fingerprint density at radius 3 is 2.95 bits per heavy atom. The fraction of sp³-hybridized carbons (Fsp3) is 0.357. The Labute approximate surface area is 113 Å². The molecular formula is C14H19FN4. The van der Waals surface area contributed by atoms with Crippen LogP contribution in [0.25, 0.3) is 0 Å². The molecule has 0 aromatic carbocycles. The minimum Gasteiger partial charge on any atom is -0.321 e. The second-order valence-corrected chi connectivity index (χ2v) is 4.96. The fourth-order valence-electron chi connectivity index (χ4n) is 1.97. The molecule has 1 aliphatic carbocycles. The van der Waals surface area contributed by atoms with Gasteiger partial charge in [-0.05, 0) is 42.9 Å². The van der Waals surface area contributed by atoms with E-state index in [2.05, 4.69) is 18.4 Å². The van der Waals surface area contributed by atoms with Gasteiger partial charge in [-0.2, -0.15) is 5.10 Å². The molecule has 102 valence electrons. The molecule has 4 nitrogen and oxygen atoms in total. The van der Waals surface area contributed by atoms with Crippen LogP contribution in [0.2, 0.25) is 0 Å². The Balaban J connectivity index is 2.14. The van der Waals surface area contributed by atoms with Crippen molar-refractivity contribution in [1.82, 2.24) is 10.0 Å². The molecule has 1 saturated carbocycles. The average molecular weight is 262 g/mol. The van der Waals surface area contributed by atoms with Crippen LogP contribution in [-0.4, -0.2) is 23.3 Å². The first-order valence-electron chi connectivity index (χ1n) is 6.24. The van der Waals surface area contributed by atoms with Gasteiger partial charge < -0.3 is 4.90 Å². The van der Waals surface area contributed by atoms with Gasteiger partial charge in [0.05, 0.1) is 12.2 Å². The molecule has 1 heterocycles. The highest BCUT2D eigenvalue weighted by Crippen LogP contribution is 2.40. The van der Waals surface area contributed by atoms with Crippen molar-refractivity contribution in [2.75, 3.05) is 6.54 Å². The van der Waals surface area contributed by atoms with E-state index in [4.69, 9.17) is 5.84 Å². The monoisotopic (exact) mass is 262 g/mol. The molecular weight excluding hydrogens is 243 g/mol. The Morgan fingerprint density at radius 1 is 1.68 bits per heavy atom. The van der Waals surface area contributed by atoms with E-state index >= 15 is 0 Å². The molecule has 2 rings (SSSR count). The SMILES string of the molecule is C=NN(N)C/C(C)=C/N1C=C(C2CC2)C=C(F)C1=C. The molecule has 0 unspecified atom stereocenters. The zero-order valence-electron chi connectivity index (χ0n) is 11.1. The lowest BCUT2D eigenvalue weighted by atomic mass is 10.1. The first kappa shape index (κ1) is 13.5. The van der Waals surface area contributed by atoms with Gasteiger partial charge in [-0.15, -0.1) is 0 Å². The predicted molar refractivity (Wildman–Crippen MR) is 75.2 cm³/mol. The maximum Gasteiger partial charge on any atom is 0.146 e. The summed E-state index contributed by atoms with van der Waals surface area (Å²) in [6, 6.07) is 0. The number of hydrogen-bond acceptors (Lipinski definition) is 4. The Hall–Kier alpha value is -1.88. The van der Waals surface area contributed by atoms with Crippen LogP contribution in [0.3, 0.4) is 0 Å². The van der Waals surface area contributed by atoms with Crippen LogP contribution >= 0.6 is 0 Å². The van der Waals surface area contributed by atoms with Gasteiger partial charge in [-0.1, -0.05) is 6.58 Å². The van der Waals surface area contributed by atoms with Crippen LogP contribution < -0.4 is 5.84 Å².